The summed E-state index contributed by atoms with van der Waals surface area (Å²) < 4.78 is 6.10. The van der Waals surface area contributed by atoms with Crippen molar-refractivity contribution in [1.82, 2.24) is 20.1 Å². The maximum absolute atomic E-state index is 11.7. The Labute approximate surface area is 136 Å². The van der Waals surface area contributed by atoms with Gasteiger partial charge >= 0.3 is 5.97 Å². The number of rotatable bonds is 5. The van der Waals surface area contributed by atoms with Gasteiger partial charge in [-0.25, -0.2) is 9.67 Å². The first-order chi connectivity index (χ1) is 10.4. The average Bonchev–Trinajstić information content (AvgIpc) is 3.05. The molecule has 1 N–H and O–H groups in total. The highest BCUT2D eigenvalue weighted by Crippen LogP contribution is 2.24. The van der Waals surface area contributed by atoms with Crippen molar-refractivity contribution in [3.8, 4) is 5.13 Å². The van der Waals surface area contributed by atoms with Gasteiger partial charge in [0.15, 0.2) is 0 Å². The molecule has 2 rings (SSSR count). The quantitative estimate of drug-likeness (QED) is 0.831. The Morgan fingerprint density at radius 3 is 2.77 bits per heavy atom. The molecule has 0 spiro atoms. The molecule has 0 bridgehead atoms. The fourth-order valence-corrected chi connectivity index (χ4v) is 2.70. The molecule has 2 heterocycles. The van der Waals surface area contributed by atoms with Gasteiger partial charge in [-0.05, 0) is 13.8 Å². The van der Waals surface area contributed by atoms with Crippen molar-refractivity contribution in [2.45, 2.75) is 20.3 Å². The van der Waals surface area contributed by atoms with Crippen molar-refractivity contribution in [2.75, 3.05) is 13.7 Å². The number of nitrogens with one attached hydrogen (secondary N) is 1. The number of halogens is 1. The first-order valence-electron chi connectivity index (χ1n) is 6.42. The number of carbonyl (C=O) groups is 2. The molecule has 0 saturated carbocycles. The SMILES string of the molecule is COC(=O)CNC(=O)Cc1csc(-n2nc(C)c(Cl)c2C)n1. The number of aryl methyl sites for hydroxylation is 1. The van der Waals surface area contributed by atoms with Gasteiger partial charge in [0, 0.05) is 5.38 Å². The summed E-state index contributed by atoms with van der Waals surface area (Å²) in [6.07, 6.45) is 0.0839. The van der Waals surface area contributed by atoms with Crippen LogP contribution in [0.15, 0.2) is 5.38 Å². The number of nitrogens with zero attached hydrogens (tertiary/aromatic N) is 3. The van der Waals surface area contributed by atoms with Crippen LogP contribution in [0.3, 0.4) is 0 Å². The van der Waals surface area contributed by atoms with Gasteiger partial charge in [0.05, 0.1) is 35.6 Å². The molecule has 0 aliphatic heterocycles. The second kappa shape index (κ2) is 6.89. The fourth-order valence-electron chi connectivity index (χ4n) is 1.75. The minimum absolute atomic E-state index is 0.0839. The highest BCUT2D eigenvalue weighted by atomic mass is 35.5. The third kappa shape index (κ3) is 3.63. The zero-order chi connectivity index (χ0) is 16.3. The van der Waals surface area contributed by atoms with E-state index in [1.54, 1.807) is 10.1 Å². The number of hydrogen-bond acceptors (Lipinski definition) is 6. The van der Waals surface area contributed by atoms with Crippen LogP contribution in [0.2, 0.25) is 5.02 Å². The van der Waals surface area contributed by atoms with Gasteiger partial charge in [-0.2, -0.15) is 5.10 Å². The maximum atomic E-state index is 11.7. The van der Waals surface area contributed by atoms with Gasteiger partial charge in [-0.15, -0.1) is 11.3 Å². The lowest BCUT2D eigenvalue weighted by atomic mass is 10.3. The molecule has 118 valence electrons. The minimum atomic E-state index is -0.496. The second-order valence-corrected chi connectivity index (χ2v) is 5.76. The summed E-state index contributed by atoms with van der Waals surface area (Å²) in [5.74, 6) is -0.793. The lowest BCUT2D eigenvalue weighted by Gasteiger charge is -2.02. The highest BCUT2D eigenvalue weighted by Gasteiger charge is 2.15. The molecule has 0 atom stereocenters. The Bertz CT molecular complexity index is 710. The largest absolute Gasteiger partial charge is 0.468 e. The van der Waals surface area contributed by atoms with Crippen molar-refractivity contribution in [3.05, 3.63) is 27.5 Å². The number of aromatic nitrogens is 3. The van der Waals surface area contributed by atoms with Crippen LogP contribution in [-0.2, 0) is 20.7 Å². The molecule has 22 heavy (non-hydrogen) atoms. The number of esters is 1. The van der Waals surface area contributed by atoms with Crippen molar-refractivity contribution < 1.29 is 14.3 Å². The second-order valence-electron chi connectivity index (χ2n) is 4.55. The van der Waals surface area contributed by atoms with E-state index < -0.39 is 5.97 Å². The van der Waals surface area contributed by atoms with Crippen LogP contribution >= 0.6 is 22.9 Å². The first kappa shape index (κ1) is 16.4. The third-order valence-corrected chi connectivity index (χ3v) is 4.34. The van der Waals surface area contributed by atoms with Crippen molar-refractivity contribution in [1.29, 1.82) is 0 Å². The van der Waals surface area contributed by atoms with Crippen molar-refractivity contribution >= 4 is 34.8 Å². The molecule has 7 nitrogen and oxygen atoms in total. The molecular weight excluding hydrogens is 328 g/mol. The first-order valence-corrected chi connectivity index (χ1v) is 7.68. The Morgan fingerprint density at radius 1 is 1.45 bits per heavy atom. The Hall–Kier alpha value is -1.93. The maximum Gasteiger partial charge on any atom is 0.325 e. The Morgan fingerprint density at radius 2 is 2.18 bits per heavy atom. The van der Waals surface area contributed by atoms with E-state index in [1.807, 2.05) is 13.8 Å². The predicted molar refractivity (Wildman–Crippen MR) is 82.4 cm³/mol. The monoisotopic (exact) mass is 342 g/mol. The number of hydrogen-bond donors (Lipinski definition) is 1. The van der Waals surface area contributed by atoms with Gasteiger partial charge in [0.1, 0.15) is 6.54 Å². The van der Waals surface area contributed by atoms with Gasteiger partial charge in [-0.3, -0.25) is 9.59 Å². The zero-order valence-corrected chi connectivity index (χ0v) is 13.9. The van der Waals surface area contributed by atoms with Crippen molar-refractivity contribution in [3.63, 3.8) is 0 Å². The molecule has 2 aromatic rings. The predicted octanol–water partition coefficient (Wildman–Crippen LogP) is 1.43. The summed E-state index contributed by atoms with van der Waals surface area (Å²) in [5, 5.41) is 9.80. The van der Waals surface area contributed by atoms with E-state index >= 15 is 0 Å². The molecule has 0 aliphatic carbocycles. The molecule has 0 unspecified atom stereocenters. The van der Waals surface area contributed by atoms with Crippen LogP contribution in [0.4, 0.5) is 0 Å². The summed E-state index contributed by atoms with van der Waals surface area (Å²) in [7, 11) is 1.26. The summed E-state index contributed by atoms with van der Waals surface area (Å²) in [5.41, 5.74) is 2.13. The lowest BCUT2D eigenvalue weighted by molar-refractivity contribution is -0.141. The molecular formula is C13H15ClN4O3S. The summed E-state index contributed by atoms with van der Waals surface area (Å²) >= 11 is 7.48. The van der Waals surface area contributed by atoms with E-state index in [0.717, 1.165) is 11.4 Å². The topological polar surface area (TPSA) is 86.1 Å². The van der Waals surface area contributed by atoms with Gasteiger partial charge in [0.25, 0.3) is 0 Å². The number of thiazole rings is 1. The fraction of sp³-hybridized carbons (Fsp3) is 0.385. The standard InChI is InChI=1S/C13H15ClN4O3S/c1-7-12(14)8(2)18(17-7)13-16-9(6-22-13)4-10(19)15-5-11(20)21-3/h6H,4-5H2,1-3H3,(H,15,19). The molecule has 0 aliphatic rings. The molecule has 1 amide bonds. The highest BCUT2D eigenvalue weighted by molar-refractivity contribution is 7.12. The Balaban J connectivity index is 2.04. The van der Waals surface area contributed by atoms with E-state index in [0.29, 0.717) is 15.8 Å². The van der Waals surface area contributed by atoms with Crippen molar-refractivity contribution in [2.24, 2.45) is 0 Å². The lowest BCUT2D eigenvalue weighted by Crippen LogP contribution is -2.31. The Kier molecular flexibility index (Phi) is 5.15. The van der Waals surface area contributed by atoms with Gasteiger partial charge in [-0.1, -0.05) is 11.6 Å². The van der Waals surface area contributed by atoms with Crippen LogP contribution in [-0.4, -0.2) is 40.3 Å². The minimum Gasteiger partial charge on any atom is -0.468 e. The van der Waals surface area contributed by atoms with E-state index in [1.165, 1.54) is 18.4 Å². The number of amides is 1. The van der Waals surface area contributed by atoms with Crippen LogP contribution in [0, 0.1) is 13.8 Å². The number of carbonyl (C=O) groups excluding carboxylic acids is 2. The number of methoxy groups -OCH3 is 1. The molecule has 0 radical (unpaired) electrons. The van der Waals surface area contributed by atoms with E-state index in [4.69, 9.17) is 11.6 Å². The summed E-state index contributed by atoms with van der Waals surface area (Å²) in [6.45, 7) is 3.52. The van der Waals surface area contributed by atoms with E-state index in [-0.39, 0.29) is 18.9 Å². The van der Waals surface area contributed by atoms with E-state index in [2.05, 4.69) is 20.1 Å². The van der Waals surface area contributed by atoms with E-state index in [9.17, 15) is 9.59 Å². The van der Waals surface area contributed by atoms with Crippen LogP contribution in [0.5, 0.6) is 0 Å². The van der Waals surface area contributed by atoms with Crippen LogP contribution in [0.1, 0.15) is 17.1 Å². The molecule has 0 aromatic carbocycles. The van der Waals surface area contributed by atoms with Crippen LogP contribution in [0.25, 0.3) is 5.13 Å². The number of ether oxygens (including phenoxy) is 1. The van der Waals surface area contributed by atoms with Gasteiger partial charge < -0.3 is 10.1 Å². The smallest absolute Gasteiger partial charge is 0.325 e. The summed E-state index contributed by atoms with van der Waals surface area (Å²) in [6, 6.07) is 0. The van der Waals surface area contributed by atoms with Crippen LogP contribution < -0.4 is 5.32 Å². The average molecular weight is 343 g/mol. The molecule has 0 fully saturated rings. The van der Waals surface area contributed by atoms with Gasteiger partial charge in [0.2, 0.25) is 11.0 Å². The molecule has 9 heteroatoms. The summed E-state index contributed by atoms with van der Waals surface area (Å²) in [4.78, 5) is 27.0. The third-order valence-electron chi connectivity index (χ3n) is 2.92. The zero-order valence-electron chi connectivity index (χ0n) is 12.3. The normalized spacial score (nSPS) is 10.5. The molecule has 0 saturated heterocycles. The molecule has 2 aromatic heterocycles.